The number of aliphatic hydroxyl groups excluding tert-OH is 2. The number of esters is 1. The second-order valence-electron chi connectivity index (χ2n) is 16.2. The Balaban J connectivity index is 4.60. The lowest BCUT2D eigenvalue weighted by molar-refractivity contribution is -0.151. The lowest BCUT2D eigenvalue weighted by Gasteiger charge is -2.24. The van der Waals surface area contributed by atoms with Gasteiger partial charge in [0.15, 0.2) is 0 Å². The molecule has 0 aliphatic carbocycles. The minimum absolute atomic E-state index is 0.0717. The van der Waals surface area contributed by atoms with Crippen LogP contribution in [0.5, 0.6) is 0 Å². The number of carbonyl (C=O) groups is 2. The molecule has 1 amide bonds. The molecule has 318 valence electrons. The van der Waals surface area contributed by atoms with Gasteiger partial charge in [-0.2, -0.15) is 0 Å². The minimum atomic E-state index is -0.786. The van der Waals surface area contributed by atoms with Crippen molar-refractivity contribution in [1.82, 2.24) is 5.32 Å². The third-order valence-electron chi connectivity index (χ3n) is 10.8. The fourth-order valence-corrected chi connectivity index (χ4v) is 7.11. The Kier molecular flexibility index (Phi) is 41.2. The van der Waals surface area contributed by atoms with Crippen LogP contribution in [0.1, 0.15) is 245 Å². The summed E-state index contributed by atoms with van der Waals surface area (Å²) in [6.45, 7) is 6.42. The first kappa shape index (κ1) is 52.3. The van der Waals surface area contributed by atoms with E-state index in [-0.39, 0.29) is 24.9 Å². The van der Waals surface area contributed by atoms with E-state index in [1.165, 1.54) is 128 Å². The number of allylic oxidation sites excluding steroid dienone is 4. The summed E-state index contributed by atoms with van der Waals surface area (Å²) in [5.41, 5.74) is 0. The molecule has 0 rings (SSSR count). The molecule has 0 saturated heterocycles. The van der Waals surface area contributed by atoms with E-state index in [0.717, 1.165) is 70.6 Å². The van der Waals surface area contributed by atoms with E-state index in [9.17, 15) is 19.8 Å². The molecule has 0 aromatic carbocycles. The van der Waals surface area contributed by atoms with E-state index >= 15 is 0 Å². The van der Waals surface area contributed by atoms with Gasteiger partial charge in [-0.15, -0.1) is 0 Å². The Morgan fingerprint density at radius 2 is 0.907 bits per heavy atom. The zero-order valence-electron chi connectivity index (χ0n) is 36.1. The predicted molar refractivity (Wildman–Crippen MR) is 232 cm³/mol. The van der Waals surface area contributed by atoms with Gasteiger partial charge in [0.1, 0.15) is 6.10 Å². The maximum atomic E-state index is 13.1. The molecule has 3 atom stereocenters. The van der Waals surface area contributed by atoms with Crippen LogP contribution in [0.2, 0.25) is 0 Å². The van der Waals surface area contributed by atoms with Crippen LogP contribution in [0.25, 0.3) is 0 Å². The molecule has 0 aliphatic rings. The van der Waals surface area contributed by atoms with Crippen molar-refractivity contribution in [3.05, 3.63) is 24.3 Å². The fourth-order valence-electron chi connectivity index (χ4n) is 7.11. The number of rotatable bonds is 42. The quantitative estimate of drug-likeness (QED) is 0.0327. The van der Waals surface area contributed by atoms with Gasteiger partial charge >= 0.3 is 5.97 Å². The van der Waals surface area contributed by atoms with Gasteiger partial charge in [0.25, 0.3) is 0 Å². The molecule has 3 N–H and O–H groups in total. The average molecular weight is 762 g/mol. The van der Waals surface area contributed by atoms with Crippen LogP contribution in [-0.4, -0.2) is 46.9 Å². The second kappa shape index (κ2) is 42.5. The fraction of sp³-hybridized carbons (Fsp3) is 0.875. The van der Waals surface area contributed by atoms with Gasteiger partial charge in [-0.25, -0.2) is 0 Å². The van der Waals surface area contributed by atoms with Crippen molar-refractivity contribution < 1.29 is 24.5 Å². The smallest absolute Gasteiger partial charge is 0.306 e. The molecule has 0 radical (unpaired) electrons. The molecule has 0 bridgehead atoms. The summed E-state index contributed by atoms with van der Waals surface area (Å²) in [6, 6.07) is -0.700. The van der Waals surface area contributed by atoms with E-state index in [1.54, 1.807) is 0 Å². The monoisotopic (exact) mass is 762 g/mol. The maximum absolute atomic E-state index is 13.1. The van der Waals surface area contributed by atoms with Gasteiger partial charge in [0.05, 0.1) is 25.2 Å². The van der Waals surface area contributed by atoms with E-state index in [2.05, 4.69) is 50.4 Å². The Labute approximate surface area is 335 Å². The first-order valence-electron chi connectivity index (χ1n) is 23.6. The summed E-state index contributed by atoms with van der Waals surface area (Å²) in [7, 11) is 0. The number of carbonyl (C=O) groups excluding carboxylic acids is 2. The van der Waals surface area contributed by atoms with Crippen LogP contribution >= 0.6 is 0 Å². The van der Waals surface area contributed by atoms with E-state index in [4.69, 9.17) is 4.74 Å². The number of amides is 1. The number of nitrogens with one attached hydrogen (secondary N) is 1. The first-order chi connectivity index (χ1) is 26.5. The highest BCUT2D eigenvalue weighted by atomic mass is 16.5. The molecule has 0 aromatic heterocycles. The number of hydrogen-bond donors (Lipinski definition) is 3. The molecule has 0 fully saturated rings. The number of hydrogen-bond acceptors (Lipinski definition) is 5. The summed E-state index contributed by atoms with van der Waals surface area (Å²) in [4.78, 5) is 26.0. The summed E-state index contributed by atoms with van der Waals surface area (Å²) >= 11 is 0. The van der Waals surface area contributed by atoms with Crippen LogP contribution < -0.4 is 5.32 Å². The van der Waals surface area contributed by atoms with Gasteiger partial charge in [0, 0.05) is 6.42 Å². The highest BCUT2D eigenvalue weighted by Crippen LogP contribution is 2.17. The third kappa shape index (κ3) is 37.3. The van der Waals surface area contributed by atoms with Crippen LogP contribution in [0.3, 0.4) is 0 Å². The van der Waals surface area contributed by atoms with E-state index in [0.29, 0.717) is 19.3 Å². The standard InChI is InChI=1S/C48H91NO5/c1-4-7-10-13-16-19-22-23-26-27-30-33-36-39-44(54-48(53)41-38-35-32-29-25-21-18-15-12-9-6-3)42-47(52)49-45(43-50)46(51)40-37-34-31-28-24-20-17-14-11-8-5-2/h15,18-19,22,44-46,50-51H,4-14,16-17,20-21,23-43H2,1-3H3,(H,49,52)/b18-15-,22-19-. The normalized spacial score (nSPS) is 13.5. The summed E-state index contributed by atoms with van der Waals surface area (Å²) in [6.07, 6.45) is 46.6. The van der Waals surface area contributed by atoms with Crippen molar-refractivity contribution in [2.24, 2.45) is 0 Å². The Hall–Kier alpha value is -1.66. The summed E-state index contributed by atoms with van der Waals surface area (Å²) in [5, 5.41) is 23.6. The van der Waals surface area contributed by atoms with Crippen LogP contribution in [0.4, 0.5) is 0 Å². The molecule has 54 heavy (non-hydrogen) atoms. The average Bonchev–Trinajstić information content (AvgIpc) is 3.16. The molecular weight excluding hydrogens is 671 g/mol. The highest BCUT2D eigenvalue weighted by Gasteiger charge is 2.24. The molecular formula is C48H91NO5. The van der Waals surface area contributed by atoms with Crippen LogP contribution in [0.15, 0.2) is 24.3 Å². The number of unbranched alkanes of at least 4 members (excludes halogenated alkanes) is 26. The lowest BCUT2D eigenvalue weighted by Crippen LogP contribution is -2.46. The maximum Gasteiger partial charge on any atom is 0.306 e. The van der Waals surface area contributed by atoms with Gasteiger partial charge in [-0.1, -0.05) is 186 Å². The molecule has 0 aliphatic heterocycles. The van der Waals surface area contributed by atoms with Gasteiger partial charge in [-0.05, 0) is 70.6 Å². The van der Waals surface area contributed by atoms with Crippen molar-refractivity contribution >= 4 is 11.9 Å². The molecule has 0 aromatic rings. The van der Waals surface area contributed by atoms with Crippen molar-refractivity contribution in [2.45, 2.75) is 264 Å². The SMILES string of the molecule is CCCC/C=C\CCCCCCCC(=O)OC(CCCCCCC/C=C\CCCCCC)CC(=O)NC(CO)C(O)CCCCCCCCCCCCC. The van der Waals surface area contributed by atoms with Gasteiger partial charge in [0.2, 0.25) is 5.91 Å². The second-order valence-corrected chi connectivity index (χ2v) is 16.2. The third-order valence-corrected chi connectivity index (χ3v) is 10.8. The summed E-state index contributed by atoms with van der Waals surface area (Å²) < 4.78 is 5.90. The molecule has 6 heteroatoms. The van der Waals surface area contributed by atoms with Crippen molar-refractivity contribution in [3.63, 3.8) is 0 Å². The summed E-state index contributed by atoms with van der Waals surface area (Å²) in [5.74, 6) is -0.488. The minimum Gasteiger partial charge on any atom is -0.462 e. The zero-order chi connectivity index (χ0) is 39.6. The molecule has 0 saturated carbocycles. The van der Waals surface area contributed by atoms with Crippen molar-refractivity contribution in [2.75, 3.05) is 6.61 Å². The predicted octanol–water partition coefficient (Wildman–Crippen LogP) is 13.6. The number of ether oxygens (including phenoxy) is 1. The first-order valence-corrected chi connectivity index (χ1v) is 23.6. The van der Waals surface area contributed by atoms with Gasteiger partial charge in [-0.3, -0.25) is 9.59 Å². The lowest BCUT2D eigenvalue weighted by atomic mass is 10.0. The topological polar surface area (TPSA) is 95.9 Å². The largest absolute Gasteiger partial charge is 0.462 e. The van der Waals surface area contributed by atoms with E-state index < -0.39 is 18.2 Å². The molecule has 0 spiro atoms. The van der Waals surface area contributed by atoms with Crippen LogP contribution in [-0.2, 0) is 14.3 Å². The van der Waals surface area contributed by atoms with Crippen LogP contribution in [0, 0.1) is 0 Å². The number of aliphatic hydroxyl groups is 2. The molecule has 3 unspecified atom stereocenters. The Bertz CT molecular complexity index is 858. The molecule has 6 nitrogen and oxygen atoms in total. The van der Waals surface area contributed by atoms with E-state index in [1.807, 2.05) is 0 Å². The van der Waals surface area contributed by atoms with Crippen molar-refractivity contribution in [3.8, 4) is 0 Å². The Morgan fingerprint density at radius 3 is 1.39 bits per heavy atom. The molecule has 0 heterocycles. The Morgan fingerprint density at radius 1 is 0.519 bits per heavy atom. The highest BCUT2D eigenvalue weighted by molar-refractivity contribution is 5.77. The zero-order valence-corrected chi connectivity index (χ0v) is 36.1. The van der Waals surface area contributed by atoms with Crippen molar-refractivity contribution in [1.29, 1.82) is 0 Å². The van der Waals surface area contributed by atoms with Gasteiger partial charge < -0.3 is 20.3 Å².